The molecule has 6 nitrogen and oxygen atoms in total. The van der Waals surface area contributed by atoms with Crippen molar-refractivity contribution in [1.82, 2.24) is 19.8 Å². The van der Waals surface area contributed by atoms with E-state index in [4.69, 9.17) is 0 Å². The highest BCUT2D eigenvalue weighted by molar-refractivity contribution is 7.89. The first kappa shape index (κ1) is 16.1. The average molecular weight is 288 g/mol. The van der Waals surface area contributed by atoms with Gasteiger partial charge in [0, 0.05) is 19.3 Å². The van der Waals surface area contributed by atoms with Crippen LogP contribution < -0.4 is 10.0 Å². The molecule has 110 valence electrons. The Morgan fingerprint density at radius 2 is 2.05 bits per heavy atom. The van der Waals surface area contributed by atoms with Crippen LogP contribution in [0.15, 0.2) is 17.3 Å². The predicted octanol–water partition coefficient (Wildman–Crippen LogP) is 0.961. The summed E-state index contributed by atoms with van der Waals surface area (Å²) in [5.41, 5.74) is 0. The van der Waals surface area contributed by atoms with Crippen molar-refractivity contribution in [3.05, 3.63) is 12.4 Å². The van der Waals surface area contributed by atoms with Crippen LogP contribution in [-0.4, -0.2) is 37.8 Å². The molecule has 0 spiro atoms. The summed E-state index contributed by atoms with van der Waals surface area (Å²) in [5, 5.41) is 7.22. The van der Waals surface area contributed by atoms with Crippen LogP contribution in [0.5, 0.6) is 0 Å². The van der Waals surface area contributed by atoms with Crippen LogP contribution in [0.2, 0.25) is 0 Å². The van der Waals surface area contributed by atoms with Crippen molar-refractivity contribution in [2.45, 2.75) is 44.6 Å². The molecule has 1 heterocycles. The molecule has 0 aliphatic rings. The van der Waals surface area contributed by atoms with E-state index in [-0.39, 0.29) is 4.90 Å². The van der Waals surface area contributed by atoms with Gasteiger partial charge in [0.15, 0.2) is 0 Å². The van der Waals surface area contributed by atoms with E-state index < -0.39 is 10.0 Å². The molecule has 1 rings (SSSR count). The third kappa shape index (κ3) is 5.71. The summed E-state index contributed by atoms with van der Waals surface area (Å²) >= 11 is 0. The molecule has 0 saturated carbocycles. The first-order valence-electron chi connectivity index (χ1n) is 6.83. The van der Waals surface area contributed by atoms with Crippen molar-refractivity contribution in [2.24, 2.45) is 0 Å². The molecule has 1 aromatic heterocycles. The number of aromatic nitrogens is 2. The first-order chi connectivity index (χ1) is 9.10. The highest BCUT2D eigenvalue weighted by Crippen LogP contribution is 2.07. The van der Waals surface area contributed by atoms with Gasteiger partial charge in [0.1, 0.15) is 4.90 Å². The molecule has 0 bridgehead atoms. The molecule has 0 aromatic carbocycles. The smallest absolute Gasteiger partial charge is 0.243 e. The Kier molecular flexibility index (Phi) is 7.04. The van der Waals surface area contributed by atoms with Gasteiger partial charge in [0.2, 0.25) is 10.0 Å². The second-order valence-electron chi connectivity index (χ2n) is 4.40. The fourth-order valence-electron chi connectivity index (χ4n) is 1.64. The van der Waals surface area contributed by atoms with Crippen LogP contribution in [0.4, 0.5) is 0 Å². The van der Waals surface area contributed by atoms with Crippen LogP contribution in [0.25, 0.3) is 0 Å². The molecule has 19 heavy (non-hydrogen) atoms. The SMILES string of the molecule is CCCCCNS(=O)(=O)c1cnn(CCNCC)c1. The van der Waals surface area contributed by atoms with Crippen molar-refractivity contribution >= 4 is 10.0 Å². The second-order valence-corrected chi connectivity index (χ2v) is 6.16. The molecule has 0 aliphatic heterocycles. The Labute approximate surface area is 115 Å². The van der Waals surface area contributed by atoms with E-state index in [0.717, 1.165) is 32.4 Å². The largest absolute Gasteiger partial charge is 0.315 e. The summed E-state index contributed by atoms with van der Waals surface area (Å²) < 4.78 is 28.2. The molecule has 7 heteroatoms. The Morgan fingerprint density at radius 1 is 1.26 bits per heavy atom. The number of unbranched alkanes of at least 4 members (excludes halogenated alkanes) is 2. The van der Waals surface area contributed by atoms with Crippen molar-refractivity contribution in [2.75, 3.05) is 19.6 Å². The summed E-state index contributed by atoms with van der Waals surface area (Å²) in [6.45, 7) is 6.94. The quantitative estimate of drug-likeness (QED) is 0.629. The molecule has 1 aromatic rings. The van der Waals surface area contributed by atoms with E-state index >= 15 is 0 Å². The van der Waals surface area contributed by atoms with E-state index in [0.29, 0.717) is 13.1 Å². The lowest BCUT2D eigenvalue weighted by Gasteiger charge is -2.04. The molecule has 0 radical (unpaired) electrons. The maximum atomic E-state index is 12.0. The van der Waals surface area contributed by atoms with Gasteiger partial charge in [-0.3, -0.25) is 4.68 Å². The second kappa shape index (κ2) is 8.29. The highest BCUT2D eigenvalue weighted by Gasteiger charge is 2.15. The Balaban J connectivity index is 2.49. The summed E-state index contributed by atoms with van der Waals surface area (Å²) in [7, 11) is -3.40. The van der Waals surface area contributed by atoms with Gasteiger partial charge in [-0.05, 0) is 13.0 Å². The molecule has 0 aliphatic carbocycles. The molecular formula is C12H24N4O2S. The minimum atomic E-state index is -3.40. The fourth-order valence-corrected chi connectivity index (χ4v) is 2.67. The van der Waals surface area contributed by atoms with Crippen LogP contribution in [-0.2, 0) is 16.6 Å². The van der Waals surface area contributed by atoms with Gasteiger partial charge >= 0.3 is 0 Å². The van der Waals surface area contributed by atoms with E-state index in [1.165, 1.54) is 6.20 Å². The van der Waals surface area contributed by atoms with E-state index in [1.807, 2.05) is 6.92 Å². The first-order valence-corrected chi connectivity index (χ1v) is 8.31. The van der Waals surface area contributed by atoms with Crippen molar-refractivity contribution in [3.8, 4) is 0 Å². The van der Waals surface area contributed by atoms with E-state index in [1.54, 1.807) is 10.9 Å². The standard InChI is InChI=1S/C12H24N4O2S/c1-3-5-6-7-15-19(17,18)12-10-14-16(11-12)9-8-13-4-2/h10-11,13,15H,3-9H2,1-2H3. The maximum Gasteiger partial charge on any atom is 0.243 e. The summed E-state index contributed by atoms with van der Waals surface area (Å²) in [5.74, 6) is 0. The Morgan fingerprint density at radius 3 is 2.74 bits per heavy atom. The fraction of sp³-hybridized carbons (Fsp3) is 0.750. The normalized spacial score (nSPS) is 11.9. The van der Waals surface area contributed by atoms with Crippen molar-refractivity contribution in [1.29, 1.82) is 0 Å². The topological polar surface area (TPSA) is 76.0 Å². The van der Waals surface area contributed by atoms with Crippen LogP contribution in [0.3, 0.4) is 0 Å². The van der Waals surface area contributed by atoms with Gasteiger partial charge in [-0.15, -0.1) is 0 Å². The van der Waals surface area contributed by atoms with Gasteiger partial charge in [0.25, 0.3) is 0 Å². The van der Waals surface area contributed by atoms with Crippen molar-refractivity contribution < 1.29 is 8.42 Å². The summed E-state index contributed by atoms with van der Waals surface area (Å²) in [6, 6.07) is 0. The number of hydrogen-bond acceptors (Lipinski definition) is 4. The molecule has 0 fully saturated rings. The number of nitrogens with zero attached hydrogens (tertiary/aromatic N) is 2. The van der Waals surface area contributed by atoms with Gasteiger partial charge in [0.05, 0.1) is 12.7 Å². The predicted molar refractivity (Wildman–Crippen MR) is 75.5 cm³/mol. The van der Waals surface area contributed by atoms with Gasteiger partial charge < -0.3 is 5.32 Å². The minimum Gasteiger partial charge on any atom is -0.315 e. The molecule has 0 atom stereocenters. The molecular weight excluding hydrogens is 264 g/mol. The lowest BCUT2D eigenvalue weighted by molar-refractivity contribution is 0.562. The third-order valence-corrected chi connectivity index (χ3v) is 4.18. The monoisotopic (exact) mass is 288 g/mol. The lowest BCUT2D eigenvalue weighted by atomic mass is 10.3. The Hall–Kier alpha value is -0.920. The average Bonchev–Trinajstić information content (AvgIpc) is 2.85. The minimum absolute atomic E-state index is 0.237. The van der Waals surface area contributed by atoms with E-state index in [9.17, 15) is 8.42 Å². The van der Waals surface area contributed by atoms with Crippen LogP contribution in [0, 0.1) is 0 Å². The highest BCUT2D eigenvalue weighted by atomic mass is 32.2. The third-order valence-electron chi connectivity index (χ3n) is 2.76. The van der Waals surface area contributed by atoms with Crippen molar-refractivity contribution in [3.63, 3.8) is 0 Å². The zero-order valence-corrected chi connectivity index (χ0v) is 12.5. The summed E-state index contributed by atoms with van der Waals surface area (Å²) in [4.78, 5) is 0.237. The van der Waals surface area contributed by atoms with Crippen LogP contribution in [0.1, 0.15) is 33.1 Å². The number of hydrogen-bond donors (Lipinski definition) is 2. The number of nitrogens with one attached hydrogen (secondary N) is 2. The lowest BCUT2D eigenvalue weighted by Crippen LogP contribution is -2.24. The number of rotatable bonds is 10. The maximum absolute atomic E-state index is 12.0. The van der Waals surface area contributed by atoms with Gasteiger partial charge in [-0.1, -0.05) is 26.7 Å². The number of sulfonamides is 1. The Bertz CT molecular complexity index is 456. The number of likely N-dealkylation sites (N-methyl/N-ethyl adjacent to an activating group) is 1. The van der Waals surface area contributed by atoms with Crippen LogP contribution >= 0.6 is 0 Å². The van der Waals surface area contributed by atoms with Gasteiger partial charge in [-0.2, -0.15) is 5.10 Å². The molecule has 2 N–H and O–H groups in total. The molecule has 0 saturated heterocycles. The zero-order chi connectivity index (χ0) is 14.1. The summed E-state index contributed by atoms with van der Waals surface area (Å²) in [6.07, 6.45) is 5.94. The molecule has 0 amide bonds. The van der Waals surface area contributed by atoms with Gasteiger partial charge in [-0.25, -0.2) is 13.1 Å². The van der Waals surface area contributed by atoms with E-state index in [2.05, 4.69) is 22.1 Å². The molecule has 0 unspecified atom stereocenters. The zero-order valence-electron chi connectivity index (χ0n) is 11.7.